The second-order valence-corrected chi connectivity index (χ2v) is 10.6. The van der Waals surface area contributed by atoms with Crippen molar-refractivity contribution in [2.75, 3.05) is 23.0 Å². The second kappa shape index (κ2) is 12.2. The van der Waals surface area contributed by atoms with Crippen LogP contribution in [0.4, 0.5) is 43.4 Å². The van der Waals surface area contributed by atoms with E-state index in [1.807, 2.05) is 26.0 Å². The summed E-state index contributed by atoms with van der Waals surface area (Å²) >= 11 is 0. The molecule has 0 saturated carbocycles. The Bertz CT molecular complexity index is 1730. The lowest BCUT2D eigenvalue weighted by Gasteiger charge is -2.38. The lowest BCUT2D eigenvalue weighted by Crippen LogP contribution is -2.54. The van der Waals surface area contributed by atoms with E-state index >= 15 is 0 Å². The molecule has 2 amide bonds. The molecule has 0 atom stereocenters. The molecule has 4 N–H and O–H groups in total. The van der Waals surface area contributed by atoms with Crippen molar-refractivity contribution in [1.82, 2.24) is 0 Å². The number of phenolic OH excluding ortho intramolecular Hbond substituents is 1. The average molecular weight is 630 g/mol. The van der Waals surface area contributed by atoms with Gasteiger partial charge in [0.15, 0.2) is 0 Å². The van der Waals surface area contributed by atoms with Crippen LogP contribution >= 0.6 is 0 Å². The van der Waals surface area contributed by atoms with Crippen LogP contribution in [-0.4, -0.2) is 36.3 Å². The van der Waals surface area contributed by atoms with Gasteiger partial charge in [-0.05, 0) is 97.1 Å². The van der Waals surface area contributed by atoms with E-state index in [1.54, 1.807) is 6.07 Å². The van der Waals surface area contributed by atoms with E-state index in [9.17, 15) is 41.0 Å². The molecule has 0 fully saturated rings. The number of phenols is 1. The van der Waals surface area contributed by atoms with E-state index in [2.05, 4.69) is 16.0 Å². The van der Waals surface area contributed by atoms with Crippen LogP contribution in [0.25, 0.3) is 0 Å². The number of alkyl halides is 6. The van der Waals surface area contributed by atoms with Crippen LogP contribution in [0.2, 0.25) is 0 Å². The first-order valence-electron chi connectivity index (χ1n) is 13.6. The number of hydrogen-bond acceptors (Lipinski definition) is 4. The van der Waals surface area contributed by atoms with Crippen molar-refractivity contribution in [3.05, 3.63) is 118 Å². The van der Waals surface area contributed by atoms with Crippen LogP contribution in [0.3, 0.4) is 0 Å². The minimum absolute atomic E-state index is 0.0591. The summed E-state index contributed by atoms with van der Waals surface area (Å²) in [6.45, 7) is 5.21. The maximum absolute atomic E-state index is 14.7. The fourth-order valence-electron chi connectivity index (χ4n) is 5.01. The quantitative estimate of drug-likeness (QED) is 0.122. The SMILES string of the molecule is CNc1cc(C(c2ccc(O)c(NC(=O)c3ccc(C(=O)Nc4cc(C)ccc4C)cc3)c2)(C(F)(F)F)C(F)(F)F)ccc1C. The first kappa shape index (κ1) is 32.9. The molecule has 0 saturated heterocycles. The molecule has 0 aliphatic heterocycles. The molecule has 4 aromatic carbocycles. The highest BCUT2D eigenvalue weighted by Crippen LogP contribution is 2.57. The lowest BCUT2D eigenvalue weighted by atomic mass is 9.72. The molecule has 12 heteroatoms. The van der Waals surface area contributed by atoms with E-state index in [1.165, 1.54) is 38.2 Å². The van der Waals surface area contributed by atoms with Crippen LogP contribution in [0, 0.1) is 20.8 Å². The van der Waals surface area contributed by atoms with Crippen molar-refractivity contribution in [1.29, 1.82) is 0 Å². The van der Waals surface area contributed by atoms with Crippen LogP contribution in [0.5, 0.6) is 5.75 Å². The van der Waals surface area contributed by atoms with Crippen LogP contribution in [0.1, 0.15) is 48.5 Å². The highest BCUT2D eigenvalue weighted by molar-refractivity contribution is 6.07. The van der Waals surface area contributed by atoms with Gasteiger partial charge in [0.25, 0.3) is 11.8 Å². The number of aryl methyl sites for hydroxylation is 3. The largest absolute Gasteiger partial charge is 0.506 e. The fraction of sp³-hybridized carbons (Fsp3) is 0.212. The maximum atomic E-state index is 14.7. The van der Waals surface area contributed by atoms with E-state index in [0.717, 1.165) is 29.3 Å². The molecule has 0 aliphatic rings. The van der Waals surface area contributed by atoms with E-state index in [4.69, 9.17) is 0 Å². The lowest BCUT2D eigenvalue weighted by molar-refractivity contribution is -0.288. The number of amides is 2. The number of rotatable bonds is 7. The third-order valence-corrected chi connectivity index (χ3v) is 7.52. The molecular formula is C33H29F6N3O3. The van der Waals surface area contributed by atoms with Crippen molar-refractivity contribution in [2.24, 2.45) is 0 Å². The van der Waals surface area contributed by atoms with E-state index in [0.29, 0.717) is 29.4 Å². The summed E-state index contributed by atoms with van der Waals surface area (Å²) in [6, 6.07) is 15.0. The molecule has 0 heterocycles. The zero-order valence-electron chi connectivity index (χ0n) is 24.5. The predicted molar refractivity (Wildman–Crippen MR) is 160 cm³/mol. The standard InChI is InChI=1S/C33H29F6N3O3/c1-18-5-6-20(3)26(15-18)41-29(44)21-8-10-22(11-9-21)30(45)42-27-17-24(13-14-28(27)43)31(32(34,35)36,33(37,38)39)23-12-7-19(2)25(16-23)40-4/h5-17,40,43H,1-4H3,(H,41,44)(H,42,45). The van der Waals surface area contributed by atoms with Crippen molar-refractivity contribution < 1.29 is 41.0 Å². The van der Waals surface area contributed by atoms with Gasteiger partial charge in [0.2, 0.25) is 5.41 Å². The van der Waals surface area contributed by atoms with E-state index in [-0.39, 0.29) is 16.8 Å². The number of nitrogens with one attached hydrogen (secondary N) is 3. The normalized spacial score (nSPS) is 12.0. The third kappa shape index (κ3) is 6.31. The van der Waals surface area contributed by atoms with Gasteiger partial charge in [0.05, 0.1) is 5.69 Å². The number of hydrogen-bond donors (Lipinski definition) is 4. The summed E-state index contributed by atoms with van der Waals surface area (Å²) in [6.07, 6.45) is -11.8. The molecule has 0 aliphatic carbocycles. The number of halogens is 6. The zero-order chi connectivity index (χ0) is 33.3. The molecule has 236 valence electrons. The van der Waals surface area contributed by atoms with Crippen LogP contribution in [-0.2, 0) is 5.41 Å². The van der Waals surface area contributed by atoms with E-state index < -0.39 is 52.1 Å². The molecular weight excluding hydrogens is 600 g/mol. The van der Waals surface area contributed by atoms with Crippen molar-refractivity contribution in [3.63, 3.8) is 0 Å². The summed E-state index contributed by atoms with van der Waals surface area (Å²) in [7, 11) is 1.37. The van der Waals surface area contributed by atoms with Crippen LogP contribution in [0.15, 0.2) is 78.9 Å². The summed E-state index contributed by atoms with van der Waals surface area (Å²) in [4.78, 5) is 25.7. The average Bonchev–Trinajstić information content (AvgIpc) is 2.96. The third-order valence-electron chi connectivity index (χ3n) is 7.52. The summed E-state index contributed by atoms with van der Waals surface area (Å²) in [5.74, 6) is -2.16. The Morgan fingerprint density at radius 1 is 0.600 bits per heavy atom. The topological polar surface area (TPSA) is 90.5 Å². The Hall–Kier alpha value is -5.00. The van der Waals surface area contributed by atoms with Gasteiger partial charge in [-0.1, -0.05) is 30.3 Å². The number of benzene rings is 4. The van der Waals surface area contributed by atoms with Gasteiger partial charge in [-0.15, -0.1) is 0 Å². The Morgan fingerprint density at radius 3 is 1.56 bits per heavy atom. The molecule has 0 spiro atoms. The fourth-order valence-corrected chi connectivity index (χ4v) is 5.01. The monoisotopic (exact) mass is 629 g/mol. The molecule has 4 aromatic rings. The first-order chi connectivity index (χ1) is 21.0. The maximum Gasteiger partial charge on any atom is 0.411 e. The smallest absolute Gasteiger partial charge is 0.411 e. The molecule has 0 unspecified atom stereocenters. The van der Waals surface area contributed by atoms with Gasteiger partial charge < -0.3 is 21.1 Å². The minimum atomic E-state index is -5.88. The summed E-state index contributed by atoms with van der Waals surface area (Å²) < 4.78 is 88.2. The van der Waals surface area contributed by atoms with Gasteiger partial charge in [-0.3, -0.25) is 9.59 Å². The van der Waals surface area contributed by atoms with Crippen molar-refractivity contribution in [2.45, 2.75) is 38.5 Å². The molecule has 0 aromatic heterocycles. The van der Waals surface area contributed by atoms with Gasteiger partial charge >= 0.3 is 12.4 Å². The highest BCUT2D eigenvalue weighted by Gasteiger charge is 2.72. The number of carbonyl (C=O) groups is 2. The number of aromatic hydroxyl groups is 1. The number of anilines is 3. The van der Waals surface area contributed by atoms with Crippen molar-refractivity contribution in [3.8, 4) is 5.75 Å². The highest BCUT2D eigenvalue weighted by atomic mass is 19.4. The molecule has 6 nitrogen and oxygen atoms in total. The molecule has 4 rings (SSSR count). The molecule has 0 radical (unpaired) electrons. The summed E-state index contributed by atoms with van der Waals surface area (Å²) in [5, 5.41) is 17.9. The van der Waals surface area contributed by atoms with Gasteiger partial charge in [-0.2, -0.15) is 26.3 Å². The Morgan fingerprint density at radius 2 is 1.04 bits per heavy atom. The zero-order valence-corrected chi connectivity index (χ0v) is 24.5. The van der Waals surface area contributed by atoms with Gasteiger partial charge in [-0.25, -0.2) is 0 Å². The second-order valence-electron chi connectivity index (χ2n) is 10.6. The minimum Gasteiger partial charge on any atom is -0.506 e. The van der Waals surface area contributed by atoms with Gasteiger partial charge in [0.1, 0.15) is 5.75 Å². The van der Waals surface area contributed by atoms with Crippen molar-refractivity contribution >= 4 is 28.9 Å². The molecule has 0 bridgehead atoms. The number of carbonyl (C=O) groups excluding carboxylic acids is 2. The summed E-state index contributed by atoms with van der Waals surface area (Å²) in [5.41, 5.74) is -4.58. The molecule has 45 heavy (non-hydrogen) atoms. The van der Waals surface area contributed by atoms with Crippen LogP contribution < -0.4 is 16.0 Å². The Kier molecular flexibility index (Phi) is 8.91. The Balaban J connectivity index is 1.68. The Labute approximate surface area is 255 Å². The van der Waals surface area contributed by atoms with Gasteiger partial charge in [0, 0.05) is 29.5 Å². The predicted octanol–water partition coefficient (Wildman–Crippen LogP) is 8.27. The first-order valence-corrected chi connectivity index (χ1v) is 13.6.